The molecule has 0 aliphatic heterocycles. The van der Waals surface area contributed by atoms with Gasteiger partial charge in [-0.3, -0.25) is 37.3 Å². The van der Waals surface area contributed by atoms with E-state index in [1.54, 1.807) is 0 Å². The van der Waals surface area contributed by atoms with Crippen LogP contribution in [0.4, 0.5) is 0 Å². The minimum atomic E-state index is -4.96. The zero-order valence-electron chi connectivity index (χ0n) is 66.4. The third kappa shape index (κ3) is 73.4. The van der Waals surface area contributed by atoms with E-state index in [0.29, 0.717) is 25.7 Å². The number of hydrogen-bond donors (Lipinski definition) is 3. The van der Waals surface area contributed by atoms with Crippen LogP contribution in [-0.2, 0) is 65.4 Å². The fourth-order valence-electron chi connectivity index (χ4n) is 12.6. The fraction of sp³-hybridized carbons (Fsp3) is 0.951. The molecule has 0 saturated carbocycles. The standard InChI is InChI=1S/C82H160O17P2/c1-8-11-12-13-14-15-27-34-42-49-56-63-79(84)92-70-78(99-82(87)66-59-52-45-38-37-41-48-55-62-75(7)10-3)72-97-101(90,91)95-68-76(83)67-94-100(88,89)96-71-77(69-93-80(85)64-57-50-43-35-30-26-22-23-28-32-39-46-53-60-73(4)5)98-81(86)65-58-51-44-36-31-25-21-19-17-16-18-20-24-29-33-40-47-54-61-74(6)9-2/h73-78,83H,8-72H2,1-7H3,(H,88,89)(H,90,91)/t74?,75?,76-,77-,78-/m1/s1. The van der Waals surface area contributed by atoms with Gasteiger partial charge in [0.15, 0.2) is 12.2 Å². The Hall–Kier alpha value is -1.94. The van der Waals surface area contributed by atoms with Gasteiger partial charge in [0, 0.05) is 25.7 Å². The van der Waals surface area contributed by atoms with E-state index in [0.717, 1.165) is 108 Å². The number of aliphatic hydroxyl groups is 1. The molecule has 0 heterocycles. The van der Waals surface area contributed by atoms with Crippen LogP contribution in [0.3, 0.4) is 0 Å². The highest BCUT2D eigenvalue weighted by atomic mass is 31.2. The fourth-order valence-corrected chi connectivity index (χ4v) is 14.2. The van der Waals surface area contributed by atoms with E-state index in [1.807, 2.05) is 0 Å². The Kier molecular flexibility index (Phi) is 70.9. The van der Waals surface area contributed by atoms with Gasteiger partial charge in [-0.05, 0) is 43.4 Å². The van der Waals surface area contributed by atoms with Crippen molar-refractivity contribution in [2.45, 2.75) is 446 Å². The summed E-state index contributed by atoms with van der Waals surface area (Å²) in [6, 6.07) is 0. The number of aliphatic hydroxyl groups excluding tert-OH is 1. The van der Waals surface area contributed by atoms with Crippen molar-refractivity contribution in [3.05, 3.63) is 0 Å². The van der Waals surface area contributed by atoms with E-state index in [4.69, 9.17) is 37.0 Å². The number of carbonyl (C=O) groups excluding carboxylic acids is 4. The van der Waals surface area contributed by atoms with Crippen LogP contribution in [0.1, 0.15) is 427 Å². The molecule has 0 fully saturated rings. The van der Waals surface area contributed by atoms with E-state index >= 15 is 0 Å². The number of esters is 4. The predicted molar refractivity (Wildman–Crippen MR) is 414 cm³/mol. The quantitative estimate of drug-likeness (QED) is 0.0222. The van der Waals surface area contributed by atoms with Crippen LogP contribution in [0, 0.1) is 17.8 Å². The summed E-state index contributed by atoms with van der Waals surface area (Å²) in [6.45, 7) is 12.0. The number of unbranched alkanes of at least 4 members (excludes halogenated alkanes) is 46. The molecular weight excluding hydrogens is 1320 g/mol. The molecule has 600 valence electrons. The SMILES string of the molecule is CCCCCCCCCCCCCC(=O)OC[C@H](COP(=O)(O)OC[C@H](O)COP(=O)(O)OC[C@@H](COC(=O)CCCCCCCCCCCCCCCC(C)C)OC(=O)CCCCCCCCCCCCCCCCCCCCC(C)CC)OC(=O)CCCCCCCCCCC(C)CC. The Bertz CT molecular complexity index is 1960. The Morgan fingerprint density at radius 2 is 0.505 bits per heavy atom. The summed E-state index contributed by atoms with van der Waals surface area (Å²) in [5, 5.41) is 10.6. The van der Waals surface area contributed by atoms with Gasteiger partial charge in [0.25, 0.3) is 0 Å². The third-order valence-corrected chi connectivity index (χ3v) is 21.8. The van der Waals surface area contributed by atoms with Gasteiger partial charge in [0.05, 0.1) is 26.4 Å². The van der Waals surface area contributed by atoms with Crippen LogP contribution in [-0.4, -0.2) is 96.7 Å². The number of hydrogen-bond acceptors (Lipinski definition) is 15. The van der Waals surface area contributed by atoms with Crippen molar-refractivity contribution in [3.63, 3.8) is 0 Å². The average Bonchev–Trinajstić information content (AvgIpc) is 0.935. The molecule has 19 heteroatoms. The number of carbonyl (C=O) groups is 4. The molecule has 0 bridgehead atoms. The second kappa shape index (κ2) is 72.3. The van der Waals surface area contributed by atoms with Gasteiger partial charge in [-0.25, -0.2) is 9.13 Å². The van der Waals surface area contributed by atoms with E-state index < -0.39 is 97.5 Å². The monoisotopic (exact) mass is 1480 g/mol. The maximum Gasteiger partial charge on any atom is 0.472 e. The first-order chi connectivity index (χ1) is 48.8. The highest BCUT2D eigenvalue weighted by molar-refractivity contribution is 7.47. The van der Waals surface area contributed by atoms with Crippen molar-refractivity contribution >= 4 is 39.5 Å². The summed E-state index contributed by atoms with van der Waals surface area (Å²) in [5.41, 5.74) is 0. The van der Waals surface area contributed by atoms with Crippen LogP contribution < -0.4 is 0 Å². The highest BCUT2D eigenvalue weighted by Gasteiger charge is 2.30. The lowest BCUT2D eigenvalue weighted by Crippen LogP contribution is -2.30. The molecule has 0 aliphatic rings. The van der Waals surface area contributed by atoms with Crippen LogP contribution in [0.25, 0.3) is 0 Å². The van der Waals surface area contributed by atoms with Crippen molar-refractivity contribution in [2.24, 2.45) is 17.8 Å². The zero-order valence-corrected chi connectivity index (χ0v) is 68.2. The van der Waals surface area contributed by atoms with Crippen molar-refractivity contribution in [1.82, 2.24) is 0 Å². The molecule has 0 aromatic rings. The van der Waals surface area contributed by atoms with Gasteiger partial charge in [-0.1, -0.05) is 376 Å². The predicted octanol–water partition coefficient (Wildman–Crippen LogP) is 24.5. The Balaban J connectivity index is 5.22. The topological polar surface area (TPSA) is 237 Å². The average molecular weight is 1480 g/mol. The van der Waals surface area contributed by atoms with E-state index in [-0.39, 0.29) is 25.7 Å². The van der Waals surface area contributed by atoms with Gasteiger partial charge >= 0.3 is 39.5 Å². The third-order valence-electron chi connectivity index (χ3n) is 19.9. The highest BCUT2D eigenvalue weighted by Crippen LogP contribution is 2.45. The molecule has 101 heavy (non-hydrogen) atoms. The van der Waals surface area contributed by atoms with Crippen molar-refractivity contribution < 1.29 is 80.2 Å². The summed E-state index contributed by atoms with van der Waals surface area (Å²) in [4.78, 5) is 73.0. The van der Waals surface area contributed by atoms with E-state index in [1.165, 1.54) is 238 Å². The molecule has 0 aliphatic carbocycles. The molecule has 0 aromatic carbocycles. The molecule has 0 rings (SSSR count). The zero-order chi connectivity index (χ0) is 74.4. The number of rotatable bonds is 80. The first-order valence-electron chi connectivity index (χ1n) is 42.4. The van der Waals surface area contributed by atoms with Gasteiger partial charge in [-0.2, -0.15) is 0 Å². The molecule has 3 N–H and O–H groups in total. The molecule has 0 radical (unpaired) electrons. The van der Waals surface area contributed by atoms with Crippen molar-refractivity contribution in [1.29, 1.82) is 0 Å². The van der Waals surface area contributed by atoms with Crippen LogP contribution in [0.15, 0.2) is 0 Å². The molecule has 0 saturated heterocycles. The Labute approximate surface area is 619 Å². The minimum absolute atomic E-state index is 0.105. The number of phosphoric acid groups is 2. The Morgan fingerprint density at radius 1 is 0.287 bits per heavy atom. The summed E-state index contributed by atoms with van der Waals surface area (Å²) in [5.74, 6) is 0.321. The van der Waals surface area contributed by atoms with E-state index in [9.17, 15) is 43.2 Å². The smallest absolute Gasteiger partial charge is 0.462 e. The van der Waals surface area contributed by atoms with Crippen molar-refractivity contribution in [2.75, 3.05) is 39.6 Å². The lowest BCUT2D eigenvalue weighted by molar-refractivity contribution is -0.161. The van der Waals surface area contributed by atoms with Gasteiger partial charge in [0.1, 0.15) is 19.3 Å². The normalized spacial score (nSPS) is 14.5. The molecule has 7 atom stereocenters. The summed E-state index contributed by atoms with van der Waals surface area (Å²) >= 11 is 0. The van der Waals surface area contributed by atoms with Crippen LogP contribution in [0.2, 0.25) is 0 Å². The molecule has 0 spiro atoms. The lowest BCUT2D eigenvalue weighted by atomic mass is 9.99. The molecule has 4 unspecified atom stereocenters. The lowest BCUT2D eigenvalue weighted by Gasteiger charge is -2.21. The van der Waals surface area contributed by atoms with Crippen LogP contribution in [0.5, 0.6) is 0 Å². The maximum atomic E-state index is 13.1. The Morgan fingerprint density at radius 3 is 0.752 bits per heavy atom. The second-order valence-electron chi connectivity index (χ2n) is 30.5. The molecular formula is C82H160O17P2. The summed E-state index contributed by atoms with van der Waals surface area (Å²) in [7, 11) is -9.92. The second-order valence-corrected chi connectivity index (χ2v) is 33.4. The van der Waals surface area contributed by atoms with Crippen molar-refractivity contribution in [3.8, 4) is 0 Å². The minimum Gasteiger partial charge on any atom is -0.462 e. The van der Waals surface area contributed by atoms with Crippen LogP contribution >= 0.6 is 15.6 Å². The molecule has 17 nitrogen and oxygen atoms in total. The van der Waals surface area contributed by atoms with Gasteiger partial charge in [0.2, 0.25) is 0 Å². The largest absolute Gasteiger partial charge is 0.472 e. The van der Waals surface area contributed by atoms with Gasteiger partial charge in [-0.15, -0.1) is 0 Å². The maximum absolute atomic E-state index is 13.1. The number of ether oxygens (including phenoxy) is 4. The summed E-state index contributed by atoms with van der Waals surface area (Å²) in [6.07, 6.45) is 61.0. The molecule has 0 aromatic heterocycles. The first kappa shape index (κ1) is 99.1. The molecule has 0 amide bonds. The van der Waals surface area contributed by atoms with Gasteiger partial charge < -0.3 is 33.8 Å². The summed E-state index contributed by atoms with van der Waals surface area (Å²) < 4.78 is 68.7. The van der Waals surface area contributed by atoms with E-state index in [2.05, 4.69) is 48.5 Å². The number of phosphoric ester groups is 2. The first-order valence-corrected chi connectivity index (χ1v) is 45.4.